The summed E-state index contributed by atoms with van der Waals surface area (Å²) in [5.41, 5.74) is 6.74. The summed E-state index contributed by atoms with van der Waals surface area (Å²) in [7, 11) is 0. The van der Waals surface area contributed by atoms with Gasteiger partial charge in [0, 0.05) is 5.56 Å². The molecule has 19 heavy (non-hydrogen) atoms. The van der Waals surface area contributed by atoms with E-state index in [4.69, 9.17) is 5.73 Å². The van der Waals surface area contributed by atoms with Gasteiger partial charge < -0.3 is 10.5 Å². The summed E-state index contributed by atoms with van der Waals surface area (Å²) in [6.45, 7) is -2.90. The van der Waals surface area contributed by atoms with Crippen molar-refractivity contribution in [3.63, 3.8) is 0 Å². The first-order valence-electron chi connectivity index (χ1n) is 5.62. The molecular formula is C14H12F3NO. The molecule has 0 saturated heterocycles. The first-order valence-corrected chi connectivity index (χ1v) is 5.62. The van der Waals surface area contributed by atoms with E-state index in [9.17, 15) is 13.2 Å². The summed E-state index contributed by atoms with van der Waals surface area (Å²) >= 11 is 0. The number of hydrogen-bond donors (Lipinski definition) is 1. The average Bonchev–Trinajstić information content (AvgIpc) is 2.38. The first-order chi connectivity index (χ1) is 9.08. The van der Waals surface area contributed by atoms with Crippen LogP contribution in [0.15, 0.2) is 48.5 Å². The molecule has 0 amide bonds. The highest BCUT2D eigenvalue weighted by Crippen LogP contribution is 2.25. The zero-order valence-electron chi connectivity index (χ0n) is 9.89. The van der Waals surface area contributed by atoms with E-state index >= 15 is 0 Å². The minimum Gasteiger partial charge on any atom is -0.435 e. The van der Waals surface area contributed by atoms with E-state index in [2.05, 4.69) is 4.74 Å². The molecule has 2 aromatic carbocycles. The normalized spacial score (nSPS) is 12.5. The van der Waals surface area contributed by atoms with Crippen molar-refractivity contribution >= 4 is 0 Å². The Morgan fingerprint density at radius 1 is 1.00 bits per heavy atom. The lowest BCUT2D eigenvalue weighted by Crippen LogP contribution is -2.14. The van der Waals surface area contributed by atoms with Crippen molar-refractivity contribution in [1.29, 1.82) is 0 Å². The lowest BCUT2D eigenvalue weighted by atomic mass is 9.99. The van der Waals surface area contributed by atoms with Crippen molar-refractivity contribution in [3.8, 4) is 5.75 Å². The molecule has 0 radical (unpaired) electrons. The van der Waals surface area contributed by atoms with Gasteiger partial charge in [0.1, 0.15) is 11.6 Å². The molecule has 0 bridgehead atoms. The second kappa shape index (κ2) is 5.75. The molecule has 1 unspecified atom stereocenters. The number of alkyl halides is 2. The van der Waals surface area contributed by atoms with Crippen LogP contribution in [0, 0.1) is 5.82 Å². The van der Waals surface area contributed by atoms with Crippen molar-refractivity contribution in [1.82, 2.24) is 0 Å². The van der Waals surface area contributed by atoms with Crippen LogP contribution in [0.2, 0.25) is 0 Å². The quantitative estimate of drug-likeness (QED) is 0.920. The maximum Gasteiger partial charge on any atom is 0.387 e. The Bertz CT molecular complexity index is 560. The first kappa shape index (κ1) is 13.4. The monoisotopic (exact) mass is 267 g/mol. The van der Waals surface area contributed by atoms with Gasteiger partial charge in [-0.05, 0) is 23.8 Å². The summed E-state index contributed by atoms with van der Waals surface area (Å²) in [6, 6.07) is 11.3. The van der Waals surface area contributed by atoms with Crippen molar-refractivity contribution in [2.75, 3.05) is 0 Å². The van der Waals surface area contributed by atoms with Crippen LogP contribution in [0.5, 0.6) is 5.75 Å². The number of nitrogens with two attached hydrogens (primary N) is 1. The number of benzene rings is 2. The molecule has 0 heterocycles. The van der Waals surface area contributed by atoms with Gasteiger partial charge in [0.25, 0.3) is 0 Å². The molecule has 2 N–H and O–H groups in total. The van der Waals surface area contributed by atoms with Crippen LogP contribution in [0.25, 0.3) is 0 Å². The van der Waals surface area contributed by atoms with Crippen molar-refractivity contribution in [2.24, 2.45) is 5.73 Å². The summed E-state index contributed by atoms with van der Waals surface area (Å²) in [6.07, 6.45) is 0. The topological polar surface area (TPSA) is 35.2 Å². The Hall–Kier alpha value is -2.01. The Morgan fingerprint density at radius 2 is 1.74 bits per heavy atom. The van der Waals surface area contributed by atoms with E-state index in [0.717, 1.165) is 0 Å². The predicted molar refractivity (Wildman–Crippen MR) is 65.5 cm³/mol. The molecule has 2 nitrogen and oxygen atoms in total. The summed E-state index contributed by atoms with van der Waals surface area (Å²) in [5, 5.41) is 0. The van der Waals surface area contributed by atoms with Gasteiger partial charge in [-0.2, -0.15) is 8.78 Å². The molecule has 0 aliphatic rings. The second-order valence-corrected chi connectivity index (χ2v) is 3.95. The molecule has 0 saturated carbocycles. The van der Waals surface area contributed by atoms with Gasteiger partial charge >= 0.3 is 6.61 Å². The molecule has 2 rings (SSSR count). The highest BCUT2D eigenvalue weighted by Gasteiger charge is 2.14. The van der Waals surface area contributed by atoms with Gasteiger partial charge in [-0.1, -0.05) is 30.3 Å². The highest BCUT2D eigenvalue weighted by molar-refractivity contribution is 5.36. The van der Waals surface area contributed by atoms with Crippen molar-refractivity contribution in [3.05, 3.63) is 65.5 Å². The fraction of sp³-hybridized carbons (Fsp3) is 0.143. The van der Waals surface area contributed by atoms with Crippen LogP contribution in [-0.4, -0.2) is 6.61 Å². The highest BCUT2D eigenvalue weighted by atomic mass is 19.3. The van der Waals surface area contributed by atoms with E-state index in [1.165, 1.54) is 24.3 Å². The zero-order valence-corrected chi connectivity index (χ0v) is 9.89. The number of ether oxygens (including phenoxy) is 1. The molecule has 0 aromatic heterocycles. The van der Waals surface area contributed by atoms with Crippen molar-refractivity contribution in [2.45, 2.75) is 12.7 Å². The zero-order chi connectivity index (χ0) is 13.8. The largest absolute Gasteiger partial charge is 0.435 e. The second-order valence-electron chi connectivity index (χ2n) is 3.95. The number of hydrogen-bond acceptors (Lipinski definition) is 2. The number of halogens is 3. The molecular weight excluding hydrogens is 255 g/mol. The van der Waals surface area contributed by atoms with Crippen LogP contribution in [0.3, 0.4) is 0 Å². The predicted octanol–water partition coefficient (Wildman–Crippen LogP) is 3.48. The molecule has 1 atom stereocenters. The molecule has 0 aliphatic carbocycles. The molecule has 0 fully saturated rings. The van der Waals surface area contributed by atoms with Crippen LogP contribution in [0.1, 0.15) is 17.2 Å². The molecule has 100 valence electrons. The lowest BCUT2D eigenvalue weighted by Gasteiger charge is -2.14. The van der Waals surface area contributed by atoms with E-state index in [0.29, 0.717) is 11.1 Å². The third kappa shape index (κ3) is 3.26. The smallest absolute Gasteiger partial charge is 0.387 e. The van der Waals surface area contributed by atoms with Crippen molar-refractivity contribution < 1.29 is 17.9 Å². The van der Waals surface area contributed by atoms with E-state index in [-0.39, 0.29) is 5.75 Å². The maximum atomic E-state index is 13.6. The maximum absolute atomic E-state index is 13.6. The Morgan fingerprint density at radius 3 is 2.42 bits per heavy atom. The summed E-state index contributed by atoms with van der Waals surface area (Å²) in [5.74, 6) is -0.436. The molecule has 5 heteroatoms. The van der Waals surface area contributed by atoms with Gasteiger partial charge in [0.15, 0.2) is 0 Å². The summed E-state index contributed by atoms with van der Waals surface area (Å²) in [4.78, 5) is 0. The molecule has 2 aromatic rings. The average molecular weight is 267 g/mol. The Balaban J connectivity index is 2.29. The Kier molecular flexibility index (Phi) is 4.06. The summed E-state index contributed by atoms with van der Waals surface area (Å²) < 4.78 is 42.1. The molecule has 0 spiro atoms. The van der Waals surface area contributed by atoms with Gasteiger partial charge in [0.05, 0.1) is 6.04 Å². The lowest BCUT2D eigenvalue weighted by molar-refractivity contribution is -0.0498. The molecule has 0 aliphatic heterocycles. The van der Waals surface area contributed by atoms with Gasteiger partial charge in [0.2, 0.25) is 0 Å². The third-order valence-electron chi connectivity index (χ3n) is 2.68. The van der Waals surface area contributed by atoms with E-state index in [1.54, 1.807) is 24.3 Å². The third-order valence-corrected chi connectivity index (χ3v) is 2.68. The minimum absolute atomic E-state index is 0.000658. The minimum atomic E-state index is -2.90. The van der Waals surface area contributed by atoms with Gasteiger partial charge in [-0.3, -0.25) is 0 Å². The van der Waals surface area contributed by atoms with Gasteiger partial charge in [-0.15, -0.1) is 0 Å². The van der Waals surface area contributed by atoms with E-state index < -0.39 is 18.5 Å². The standard InChI is InChI=1S/C14H12F3NO/c15-12-7-2-1-6-11(12)13(18)9-4-3-5-10(8-9)19-14(16)17/h1-8,13-14H,18H2. The number of rotatable bonds is 4. The van der Waals surface area contributed by atoms with Crippen LogP contribution >= 0.6 is 0 Å². The van der Waals surface area contributed by atoms with Crippen LogP contribution < -0.4 is 10.5 Å². The van der Waals surface area contributed by atoms with Crippen LogP contribution in [0.4, 0.5) is 13.2 Å². The Labute approximate surface area is 108 Å². The van der Waals surface area contributed by atoms with Crippen LogP contribution in [-0.2, 0) is 0 Å². The van der Waals surface area contributed by atoms with E-state index in [1.807, 2.05) is 0 Å². The fourth-order valence-electron chi connectivity index (χ4n) is 1.79. The fourth-order valence-corrected chi connectivity index (χ4v) is 1.79. The SMILES string of the molecule is NC(c1cccc(OC(F)F)c1)c1ccccc1F. The van der Waals surface area contributed by atoms with Gasteiger partial charge in [-0.25, -0.2) is 4.39 Å².